The average Bonchev–Trinajstić information content (AvgIpc) is 2.84. The summed E-state index contributed by atoms with van der Waals surface area (Å²) < 4.78 is 20.2. The summed E-state index contributed by atoms with van der Waals surface area (Å²) in [5.74, 6) is -0.336. The third kappa shape index (κ3) is 4.80. The fourth-order valence-electron chi connectivity index (χ4n) is 3.71. The fourth-order valence-corrected chi connectivity index (χ4v) is 3.71. The third-order valence-corrected chi connectivity index (χ3v) is 5.47. The first-order valence-electron chi connectivity index (χ1n) is 10.7. The van der Waals surface area contributed by atoms with E-state index in [0.29, 0.717) is 25.2 Å². The van der Waals surface area contributed by atoms with Gasteiger partial charge in [-0.05, 0) is 42.8 Å². The molecule has 0 bridgehead atoms. The van der Waals surface area contributed by atoms with Gasteiger partial charge >= 0.3 is 0 Å². The largest absolute Gasteiger partial charge is 0.463 e. The van der Waals surface area contributed by atoms with Crippen LogP contribution in [0.1, 0.15) is 13.3 Å². The van der Waals surface area contributed by atoms with Crippen molar-refractivity contribution >= 4 is 11.6 Å². The molecule has 1 amide bonds. The first-order chi connectivity index (χ1) is 15.5. The van der Waals surface area contributed by atoms with Crippen molar-refractivity contribution in [2.75, 3.05) is 31.1 Å². The normalized spacial score (nSPS) is 14.8. The van der Waals surface area contributed by atoms with Crippen molar-refractivity contribution < 1.29 is 13.9 Å². The number of halogens is 1. The Hall–Kier alpha value is -3.68. The van der Waals surface area contributed by atoms with Crippen LogP contribution in [0.3, 0.4) is 0 Å². The number of carbonyl (C=O) groups excluding carboxylic acids is 1. The quantitative estimate of drug-likeness (QED) is 0.595. The van der Waals surface area contributed by atoms with Gasteiger partial charge in [0.05, 0.1) is 5.69 Å². The van der Waals surface area contributed by atoms with Crippen molar-refractivity contribution in [3.8, 4) is 11.6 Å². The van der Waals surface area contributed by atoms with Crippen LogP contribution in [0.2, 0.25) is 0 Å². The van der Waals surface area contributed by atoms with Crippen LogP contribution in [0.5, 0.6) is 5.88 Å². The maximum absolute atomic E-state index is 13.2. The number of carbonyl (C=O) groups is 1. The maximum atomic E-state index is 13.2. The number of nitrogens with zero attached hydrogens (tertiary/aromatic N) is 4. The van der Waals surface area contributed by atoms with Crippen LogP contribution in [0.15, 0.2) is 71.5 Å². The van der Waals surface area contributed by atoms with Gasteiger partial charge in [-0.1, -0.05) is 25.1 Å². The maximum Gasteiger partial charge on any atom is 0.271 e. The summed E-state index contributed by atoms with van der Waals surface area (Å²) in [6, 6.07) is 18.3. The van der Waals surface area contributed by atoms with Crippen LogP contribution in [-0.2, 0) is 4.79 Å². The molecule has 1 saturated heterocycles. The third-order valence-electron chi connectivity index (χ3n) is 5.47. The van der Waals surface area contributed by atoms with Crippen molar-refractivity contribution in [2.45, 2.75) is 19.4 Å². The topological polar surface area (TPSA) is 67.7 Å². The Balaban J connectivity index is 1.43. The molecule has 2 aromatic carbocycles. The molecule has 1 fully saturated rings. The molecule has 0 aliphatic carbocycles. The van der Waals surface area contributed by atoms with Gasteiger partial charge in [0, 0.05) is 44.0 Å². The predicted molar refractivity (Wildman–Crippen MR) is 120 cm³/mol. The number of hydrogen-bond donors (Lipinski definition) is 0. The monoisotopic (exact) mass is 436 g/mol. The summed E-state index contributed by atoms with van der Waals surface area (Å²) in [6.07, 6.45) is -0.236. The van der Waals surface area contributed by atoms with Crippen molar-refractivity contribution in [3.05, 3.63) is 82.9 Å². The van der Waals surface area contributed by atoms with E-state index < -0.39 is 11.9 Å². The van der Waals surface area contributed by atoms with Gasteiger partial charge < -0.3 is 14.5 Å². The number of ether oxygens (including phenoxy) is 1. The van der Waals surface area contributed by atoms with E-state index in [4.69, 9.17) is 4.74 Å². The molecule has 0 radical (unpaired) electrons. The van der Waals surface area contributed by atoms with E-state index in [1.54, 1.807) is 0 Å². The summed E-state index contributed by atoms with van der Waals surface area (Å²) in [5, 5.41) is 4.22. The number of amides is 1. The lowest BCUT2D eigenvalue weighted by Crippen LogP contribution is -2.52. The highest BCUT2D eigenvalue weighted by molar-refractivity contribution is 5.81. The van der Waals surface area contributed by atoms with E-state index in [-0.39, 0.29) is 17.3 Å². The van der Waals surface area contributed by atoms with Gasteiger partial charge in [0.25, 0.3) is 11.5 Å². The molecule has 8 heteroatoms. The Bertz CT molecular complexity index is 1110. The zero-order valence-corrected chi connectivity index (χ0v) is 17.9. The zero-order valence-electron chi connectivity index (χ0n) is 17.9. The Morgan fingerprint density at radius 2 is 1.66 bits per heavy atom. The SMILES string of the molecule is CCC(Oc1ccc(=O)n(-c2ccc(F)cc2)n1)C(=O)N1CCN(c2ccccc2)CC1. The number of piperazine rings is 1. The lowest BCUT2D eigenvalue weighted by Gasteiger charge is -2.37. The predicted octanol–water partition coefficient (Wildman–Crippen LogP) is 2.88. The molecule has 0 spiro atoms. The minimum absolute atomic E-state index is 0.0958. The lowest BCUT2D eigenvalue weighted by molar-refractivity contribution is -0.139. The Kier molecular flexibility index (Phi) is 6.49. The molecule has 7 nitrogen and oxygen atoms in total. The van der Waals surface area contributed by atoms with E-state index in [0.717, 1.165) is 23.5 Å². The molecule has 166 valence electrons. The van der Waals surface area contributed by atoms with Gasteiger partial charge in [-0.15, -0.1) is 5.10 Å². The molecule has 1 aliphatic rings. The molecule has 0 saturated carbocycles. The van der Waals surface area contributed by atoms with Gasteiger partial charge in [0.15, 0.2) is 6.10 Å². The molecule has 1 unspecified atom stereocenters. The fraction of sp³-hybridized carbons (Fsp3) is 0.292. The van der Waals surface area contributed by atoms with Crippen molar-refractivity contribution in [3.63, 3.8) is 0 Å². The first-order valence-corrected chi connectivity index (χ1v) is 10.7. The number of aromatic nitrogens is 2. The number of benzene rings is 2. The van der Waals surface area contributed by atoms with Gasteiger partial charge in [-0.2, -0.15) is 4.68 Å². The minimum Gasteiger partial charge on any atom is -0.463 e. The zero-order chi connectivity index (χ0) is 22.5. The number of anilines is 1. The highest BCUT2D eigenvalue weighted by Crippen LogP contribution is 2.18. The van der Waals surface area contributed by atoms with E-state index in [9.17, 15) is 14.0 Å². The van der Waals surface area contributed by atoms with Crippen LogP contribution in [0.25, 0.3) is 5.69 Å². The van der Waals surface area contributed by atoms with Gasteiger partial charge in [0.1, 0.15) is 5.82 Å². The Morgan fingerprint density at radius 3 is 2.31 bits per heavy atom. The van der Waals surface area contributed by atoms with Crippen molar-refractivity contribution in [2.24, 2.45) is 0 Å². The van der Waals surface area contributed by atoms with Crippen LogP contribution >= 0.6 is 0 Å². The molecule has 2 heterocycles. The average molecular weight is 436 g/mol. The summed E-state index contributed by atoms with van der Waals surface area (Å²) >= 11 is 0. The Morgan fingerprint density at radius 1 is 0.969 bits per heavy atom. The molecular formula is C24H25FN4O3. The second kappa shape index (κ2) is 9.64. The van der Waals surface area contributed by atoms with Gasteiger partial charge in [-0.25, -0.2) is 4.39 Å². The summed E-state index contributed by atoms with van der Waals surface area (Å²) in [4.78, 5) is 29.4. The molecule has 1 aliphatic heterocycles. The van der Waals surface area contributed by atoms with E-state index in [2.05, 4.69) is 22.1 Å². The molecule has 3 aromatic rings. The molecular weight excluding hydrogens is 411 g/mol. The van der Waals surface area contributed by atoms with E-state index in [1.165, 1.54) is 36.4 Å². The summed E-state index contributed by atoms with van der Waals surface area (Å²) in [6.45, 7) is 4.59. The molecule has 1 aromatic heterocycles. The Labute approximate surface area is 185 Å². The highest BCUT2D eigenvalue weighted by Gasteiger charge is 2.28. The second-order valence-corrected chi connectivity index (χ2v) is 7.56. The van der Waals surface area contributed by atoms with Gasteiger partial charge in [-0.3, -0.25) is 9.59 Å². The van der Waals surface area contributed by atoms with Crippen LogP contribution in [-0.4, -0.2) is 52.9 Å². The van der Waals surface area contributed by atoms with Gasteiger partial charge in [0.2, 0.25) is 5.88 Å². The second-order valence-electron chi connectivity index (χ2n) is 7.56. The number of rotatable bonds is 6. The highest BCUT2D eigenvalue weighted by atomic mass is 19.1. The van der Waals surface area contributed by atoms with E-state index >= 15 is 0 Å². The van der Waals surface area contributed by atoms with Crippen LogP contribution in [0.4, 0.5) is 10.1 Å². The van der Waals surface area contributed by atoms with E-state index in [1.807, 2.05) is 30.0 Å². The number of para-hydroxylation sites is 1. The first kappa shape index (κ1) is 21.5. The standard InChI is InChI=1S/C24H25FN4O3/c1-2-21(24(31)28-16-14-27(15-17-28)19-6-4-3-5-7-19)32-22-12-13-23(30)29(26-22)20-10-8-18(25)9-11-20/h3-13,21H,2,14-17H2,1H3. The van der Waals surface area contributed by atoms with Crippen molar-refractivity contribution in [1.82, 2.24) is 14.7 Å². The van der Waals surface area contributed by atoms with Crippen LogP contribution < -0.4 is 15.2 Å². The van der Waals surface area contributed by atoms with Crippen molar-refractivity contribution in [1.29, 1.82) is 0 Å². The number of hydrogen-bond acceptors (Lipinski definition) is 5. The molecule has 32 heavy (non-hydrogen) atoms. The molecule has 0 N–H and O–H groups in total. The molecule has 4 rings (SSSR count). The minimum atomic E-state index is -0.704. The lowest BCUT2D eigenvalue weighted by atomic mass is 10.2. The van der Waals surface area contributed by atoms with Crippen LogP contribution in [0, 0.1) is 5.82 Å². The smallest absolute Gasteiger partial charge is 0.271 e. The summed E-state index contributed by atoms with van der Waals surface area (Å²) in [5.41, 5.74) is 1.19. The molecule has 1 atom stereocenters. The summed E-state index contributed by atoms with van der Waals surface area (Å²) in [7, 11) is 0.